The smallest absolute Gasteiger partial charge is 0.413 e. The number of anilines is 1. The van der Waals surface area contributed by atoms with Gasteiger partial charge in [-0.1, -0.05) is 24.3 Å². The monoisotopic (exact) mass is 546 g/mol. The van der Waals surface area contributed by atoms with Gasteiger partial charge in [0.05, 0.1) is 34.8 Å². The van der Waals surface area contributed by atoms with Crippen molar-refractivity contribution in [3.8, 4) is 5.75 Å². The lowest BCUT2D eigenvalue weighted by Gasteiger charge is -2.44. The molecule has 1 aliphatic rings. The number of esters is 2. The van der Waals surface area contributed by atoms with Crippen LogP contribution in [0.4, 0.5) is 10.5 Å². The number of benzene rings is 3. The largest absolute Gasteiger partial charge is 0.483 e. The van der Waals surface area contributed by atoms with Gasteiger partial charge < -0.3 is 23.5 Å². The molecule has 1 amide bonds. The number of ether oxygens (including phenoxy) is 4. The fraction of sp³-hybridized carbons (Fsp3) is 0.333. The number of carbonyl (C=O) groups excluding carboxylic acids is 3. The van der Waals surface area contributed by atoms with Gasteiger partial charge in [-0.05, 0) is 36.8 Å². The maximum atomic E-state index is 14.3. The van der Waals surface area contributed by atoms with Crippen LogP contribution in [0.2, 0.25) is 0 Å². The van der Waals surface area contributed by atoms with E-state index in [0.29, 0.717) is 22.0 Å². The van der Waals surface area contributed by atoms with E-state index in [2.05, 4.69) is 0 Å². The number of hydrogen-bond acceptors (Lipinski definition) is 8. The van der Waals surface area contributed by atoms with Crippen LogP contribution in [0.5, 0.6) is 5.75 Å². The van der Waals surface area contributed by atoms with Gasteiger partial charge in [0, 0.05) is 39.4 Å². The van der Waals surface area contributed by atoms with Crippen LogP contribution in [0.3, 0.4) is 0 Å². The summed E-state index contributed by atoms with van der Waals surface area (Å²) in [6.07, 6.45) is -2.83. The second-order valence-electron chi connectivity index (χ2n) is 10.4. The Labute approximate surface area is 230 Å². The van der Waals surface area contributed by atoms with Gasteiger partial charge in [-0.2, -0.15) is 0 Å². The molecule has 0 aliphatic carbocycles. The number of methoxy groups -OCH3 is 1. The maximum Gasteiger partial charge on any atom is 0.413 e. The first kappa shape index (κ1) is 27.0. The van der Waals surface area contributed by atoms with E-state index in [-0.39, 0.29) is 22.3 Å². The van der Waals surface area contributed by atoms with Crippen LogP contribution in [0, 0.1) is 0 Å². The van der Waals surface area contributed by atoms with Crippen molar-refractivity contribution < 1.29 is 33.3 Å². The molecule has 0 radical (unpaired) electrons. The van der Waals surface area contributed by atoms with E-state index in [0.717, 1.165) is 10.8 Å². The number of fused-ring (bicyclic) bond motifs is 5. The van der Waals surface area contributed by atoms with Crippen LogP contribution in [-0.4, -0.2) is 48.5 Å². The van der Waals surface area contributed by atoms with Crippen LogP contribution < -0.4 is 15.1 Å². The van der Waals surface area contributed by atoms with Crippen molar-refractivity contribution in [3.05, 3.63) is 58.3 Å². The average Bonchev–Trinajstić information content (AvgIpc) is 2.90. The third-order valence-corrected chi connectivity index (χ3v) is 7.33. The van der Waals surface area contributed by atoms with Crippen LogP contribution in [0.25, 0.3) is 32.6 Å². The number of amides is 1. The number of nitrogens with zero attached hydrogens (tertiary/aromatic N) is 2. The normalized spacial score (nSPS) is 17.7. The van der Waals surface area contributed by atoms with Gasteiger partial charge in [0.2, 0.25) is 0 Å². The lowest BCUT2D eigenvalue weighted by atomic mass is 9.86. The molecule has 0 saturated heterocycles. The first-order valence-corrected chi connectivity index (χ1v) is 12.7. The van der Waals surface area contributed by atoms with E-state index >= 15 is 0 Å². The summed E-state index contributed by atoms with van der Waals surface area (Å²) in [7, 11) is 4.53. The van der Waals surface area contributed by atoms with Crippen molar-refractivity contribution in [1.29, 1.82) is 0 Å². The maximum absolute atomic E-state index is 14.3. The third-order valence-electron chi connectivity index (χ3n) is 7.33. The third kappa shape index (κ3) is 4.20. The second-order valence-corrected chi connectivity index (χ2v) is 10.4. The minimum absolute atomic E-state index is 0.193. The molecule has 5 rings (SSSR count). The van der Waals surface area contributed by atoms with Crippen LogP contribution >= 0.6 is 0 Å². The molecule has 0 bridgehead atoms. The van der Waals surface area contributed by atoms with E-state index < -0.39 is 35.8 Å². The lowest BCUT2D eigenvalue weighted by Crippen LogP contribution is -2.52. The molecular weight excluding hydrogens is 516 g/mol. The summed E-state index contributed by atoms with van der Waals surface area (Å²) in [5.41, 5.74) is 0.117. The Morgan fingerprint density at radius 1 is 1.00 bits per heavy atom. The Morgan fingerprint density at radius 2 is 1.62 bits per heavy atom. The standard InChI is InChI=1S/C30H30N2O8/c1-15(33)38-27-24-22(40-30(3,4)28(27)39-16(2)34)14-21(32(6)29(36)37-7)23-25(24)31(5)20-13-18-11-9-8-10-17(18)12-19(20)26(23)35/h8-14,27-28H,1-7H3/t27-,28-/m0/s1. The molecule has 40 heavy (non-hydrogen) atoms. The summed E-state index contributed by atoms with van der Waals surface area (Å²) in [6.45, 7) is 5.94. The van der Waals surface area contributed by atoms with Gasteiger partial charge >= 0.3 is 18.0 Å². The molecular formula is C30H30N2O8. The highest BCUT2D eigenvalue weighted by Crippen LogP contribution is 2.49. The number of aryl methyl sites for hydroxylation is 1. The number of aromatic nitrogens is 1. The average molecular weight is 547 g/mol. The molecule has 4 aromatic rings. The molecule has 3 aromatic carbocycles. The molecule has 208 valence electrons. The van der Waals surface area contributed by atoms with E-state index in [1.807, 2.05) is 41.0 Å². The molecule has 0 spiro atoms. The molecule has 0 N–H and O–H groups in total. The predicted octanol–water partition coefficient (Wildman–Crippen LogP) is 4.75. The van der Waals surface area contributed by atoms with Crippen molar-refractivity contribution >= 4 is 56.3 Å². The van der Waals surface area contributed by atoms with E-state index in [9.17, 15) is 19.2 Å². The van der Waals surface area contributed by atoms with Gasteiger partial charge in [-0.3, -0.25) is 19.3 Å². The highest BCUT2D eigenvalue weighted by molar-refractivity contribution is 6.09. The molecule has 2 atom stereocenters. The molecule has 0 fully saturated rings. The summed E-state index contributed by atoms with van der Waals surface area (Å²) in [4.78, 5) is 52.7. The highest BCUT2D eigenvalue weighted by atomic mass is 16.6. The van der Waals surface area contributed by atoms with Gasteiger partial charge in [-0.15, -0.1) is 0 Å². The first-order chi connectivity index (χ1) is 18.9. The van der Waals surface area contributed by atoms with Crippen LogP contribution in [-0.2, 0) is 30.8 Å². The molecule has 10 heteroatoms. The highest BCUT2D eigenvalue weighted by Gasteiger charge is 2.50. The fourth-order valence-electron chi connectivity index (χ4n) is 5.56. The molecule has 2 heterocycles. The topological polar surface area (TPSA) is 113 Å². The summed E-state index contributed by atoms with van der Waals surface area (Å²) >= 11 is 0. The number of carbonyl (C=O) groups is 3. The summed E-state index contributed by atoms with van der Waals surface area (Å²) in [5.74, 6) is -0.918. The number of hydrogen-bond donors (Lipinski definition) is 0. The SMILES string of the molecule is COC(=O)N(C)c1cc2c(c3c1c(=O)c1cc4ccccc4cc1n3C)[C@H](OC(C)=O)[C@H](OC(C)=O)C(C)(C)O2. The molecule has 1 aromatic heterocycles. The Hall–Kier alpha value is -4.60. The zero-order valence-electron chi connectivity index (χ0n) is 23.4. The minimum atomic E-state index is -1.14. The first-order valence-electron chi connectivity index (χ1n) is 12.7. The number of rotatable bonds is 3. The van der Waals surface area contributed by atoms with E-state index in [1.54, 1.807) is 27.0 Å². The summed E-state index contributed by atoms with van der Waals surface area (Å²) < 4.78 is 24.6. The summed E-state index contributed by atoms with van der Waals surface area (Å²) in [6, 6.07) is 13.0. The second kappa shape index (κ2) is 9.55. The van der Waals surface area contributed by atoms with Crippen molar-refractivity contribution in [1.82, 2.24) is 4.57 Å². The molecule has 1 aliphatic heterocycles. The Kier molecular flexibility index (Phi) is 6.44. The van der Waals surface area contributed by atoms with Crippen molar-refractivity contribution in [3.63, 3.8) is 0 Å². The van der Waals surface area contributed by atoms with Gasteiger partial charge in [0.1, 0.15) is 11.4 Å². The zero-order chi connectivity index (χ0) is 29.1. The quantitative estimate of drug-likeness (QED) is 0.205. The minimum Gasteiger partial charge on any atom is -0.483 e. The van der Waals surface area contributed by atoms with Crippen molar-refractivity contribution in [2.75, 3.05) is 19.1 Å². The predicted molar refractivity (Wildman–Crippen MR) is 150 cm³/mol. The molecule has 10 nitrogen and oxygen atoms in total. The molecule has 0 saturated carbocycles. The Balaban J connectivity index is 2.00. The van der Waals surface area contributed by atoms with E-state index in [4.69, 9.17) is 18.9 Å². The fourth-order valence-corrected chi connectivity index (χ4v) is 5.56. The molecule has 0 unspecified atom stereocenters. The van der Waals surface area contributed by atoms with Gasteiger partial charge in [0.25, 0.3) is 0 Å². The van der Waals surface area contributed by atoms with E-state index in [1.165, 1.54) is 32.9 Å². The van der Waals surface area contributed by atoms with Gasteiger partial charge in [0.15, 0.2) is 17.6 Å². The van der Waals surface area contributed by atoms with Crippen molar-refractivity contribution in [2.24, 2.45) is 7.05 Å². The van der Waals surface area contributed by atoms with Crippen LogP contribution in [0.15, 0.2) is 47.3 Å². The lowest BCUT2D eigenvalue weighted by molar-refractivity contribution is -0.187. The summed E-state index contributed by atoms with van der Waals surface area (Å²) in [5, 5.41) is 2.43. The zero-order valence-corrected chi connectivity index (χ0v) is 23.4. The van der Waals surface area contributed by atoms with Gasteiger partial charge in [-0.25, -0.2) is 4.79 Å². The van der Waals surface area contributed by atoms with Crippen LogP contribution in [0.1, 0.15) is 39.4 Å². The Bertz CT molecular complexity index is 1790. The number of pyridine rings is 1. The Morgan fingerprint density at radius 3 is 2.23 bits per heavy atom. The van der Waals surface area contributed by atoms with Crippen molar-refractivity contribution in [2.45, 2.75) is 45.5 Å².